The summed E-state index contributed by atoms with van der Waals surface area (Å²) in [5.41, 5.74) is 3.46. The molecule has 2 N–H and O–H groups in total. The molecule has 4 nitrogen and oxygen atoms in total. The van der Waals surface area contributed by atoms with Gasteiger partial charge < -0.3 is 15.2 Å². The molecule has 2 aromatic carbocycles. The minimum Gasteiger partial charge on any atom is -0.509 e. The normalized spacial score (nSPS) is 24.2. The van der Waals surface area contributed by atoms with Crippen molar-refractivity contribution in [3.8, 4) is 11.1 Å². The predicted octanol–water partition coefficient (Wildman–Crippen LogP) is 5.43. The predicted molar refractivity (Wildman–Crippen MR) is 116 cm³/mol. The van der Waals surface area contributed by atoms with Crippen molar-refractivity contribution < 1.29 is 14.6 Å². The SMILES string of the molecule is CCO[C@H]1CC[C@]2(CC1)NC(=O)C(c1cc(-c3ccc(Cl)cc3)ccc1C)=C2O. The quantitative estimate of drug-likeness (QED) is 0.705. The zero-order chi connectivity index (χ0) is 20.6. The van der Waals surface area contributed by atoms with E-state index in [4.69, 9.17) is 16.3 Å². The van der Waals surface area contributed by atoms with Gasteiger partial charge in [-0.25, -0.2) is 0 Å². The first-order valence-electron chi connectivity index (χ1n) is 10.2. The van der Waals surface area contributed by atoms with Gasteiger partial charge in [0.15, 0.2) is 0 Å². The maximum absolute atomic E-state index is 12.9. The Morgan fingerprint density at radius 1 is 1.14 bits per heavy atom. The molecule has 5 heteroatoms. The van der Waals surface area contributed by atoms with Gasteiger partial charge in [0.2, 0.25) is 0 Å². The first kappa shape index (κ1) is 20.0. The molecular formula is C24H26ClNO3. The van der Waals surface area contributed by atoms with E-state index in [1.165, 1.54) is 0 Å². The molecule has 1 aliphatic carbocycles. The van der Waals surface area contributed by atoms with Crippen LogP contribution in [0.15, 0.2) is 48.2 Å². The lowest BCUT2D eigenvalue weighted by Crippen LogP contribution is -2.48. The fourth-order valence-corrected chi connectivity index (χ4v) is 4.62. The molecule has 2 aromatic rings. The average Bonchev–Trinajstić information content (AvgIpc) is 2.95. The number of carbonyl (C=O) groups is 1. The van der Waals surface area contributed by atoms with Crippen LogP contribution < -0.4 is 5.32 Å². The van der Waals surface area contributed by atoms with Crippen molar-refractivity contribution in [2.45, 2.75) is 51.2 Å². The van der Waals surface area contributed by atoms with E-state index in [-0.39, 0.29) is 17.8 Å². The van der Waals surface area contributed by atoms with Crippen LogP contribution in [0.2, 0.25) is 5.02 Å². The van der Waals surface area contributed by atoms with Gasteiger partial charge in [0.25, 0.3) is 5.91 Å². The molecule has 0 radical (unpaired) electrons. The second kappa shape index (κ2) is 7.85. The number of ether oxygens (including phenoxy) is 1. The number of hydrogen-bond donors (Lipinski definition) is 2. The fourth-order valence-electron chi connectivity index (χ4n) is 4.50. The summed E-state index contributed by atoms with van der Waals surface area (Å²) in [5, 5.41) is 14.9. The second-order valence-corrected chi connectivity index (χ2v) is 8.39. The average molecular weight is 412 g/mol. The van der Waals surface area contributed by atoms with E-state index in [0.717, 1.165) is 35.1 Å². The minimum atomic E-state index is -0.664. The maximum Gasteiger partial charge on any atom is 0.256 e. The van der Waals surface area contributed by atoms with Crippen LogP contribution >= 0.6 is 11.6 Å². The Hall–Kier alpha value is -2.30. The summed E-state index contributed by atoms with van der Waals surface area (Å²) < 4.78 is 5.73. The zero-order valence-corrected chi connectivity index (χ0v) is 17.6. The monoisotopic (exact) mass is 411 g/mol. The molecule has 0 aromatic heterocycles. The van der Waals surface area contributed by atoms with E-state index in [1.807, 2.05) is 56.3 Å². The van der Waals surface area contributed by atoms with Crippen LogP contribution in [0.4, 0.5) is 0 Å². The summed E-state index contributed by atoms with van der Waals surface area (Å²) in [4.78, 5) is 12.9. The molecule has 0 saturated heterocycles. The van der Waals surface area contributed by atoms with Crippen LogP contribution in [-0.4, -0.2) is 29.3 Å². The van der Waals surface area contributed by atoms with Gasteiger partial charge >= 0.3 is 0 Å². The Labute approximate surface area is 176 Å². The number of nitrogens with one attached hydrogen (secondary N) is 1. The Morgan fingerprint density at radius 2 is 1.79 bits per heavy atom. The van der Waals surface area contributed by atoms with E-state index in [2.05, 4.69) is 5.32 Å². The molecule has 1 aliphatic heterocycles. The van der Waals surface area contributed by atoms with Gasteiger partial charge in [-0.15, -0.1) is 0 Å². The molecule has 152 valence electrons. The highest BCUT2D eigenvalue weighted by molar-refractivity contribution is 6.30. The standard InChI is InChI=1S/C24H26ClNO3/c1-3-29-19-10-12-24(13-11-19)22(27)21(23(28)26-24)20-14-17(5-4-15(20)2)16-6-8-18(25)9-7-16/h4-9,14,19,27H,3,10-13H2,1-2H3,(H,26,28)/t19-,24+. The number of carbonyl (C=O) groups excluding carboxylic acids is 1. The van der Waals surface area contributed by atoms with Crippen LogP contribution in [0.5, 0.6) is 0 Å². The number of aryl methyl sites for hydroxylation is 1. The van der Waals surface area contributed by atoms with Gasteiger partial charge in [0, 0.05) is 11.6 Å². The summed E-state index contributed by atoms with van der Waals surface area (Å²) >= 11 is 6.01. The van der Waals surface area contributed by atoms with Crippen molar-refractivity contribution in [3.63, 3.8) is 0 Å². The first-order valence-corrected chi connectivity index (χ1v) is 10.6. The Balaban J connectivity index is 1.70. The third kappa shape index (κ3) is 3.67. The van der Waals surface area contributed by atoms with Gasteiger partial charge in [-0.2, -0.15) is 0 Å². The zero-order valence-electron chi connectivity index (χ0n) is 16.8. The van der Waals surface area contributed by atoms with Gasteiger partial charge in [0.05, 0.1) is 17.2 Å². The van der Waals surface area contributed by atoms with E-state index in [0.29, 0.717) is 30.0 Å². The number of hydrogen-bond acceptors (Lipinski definition) is 3. The van der Waals surface area contributed by atoms with Crippen molar-refractivity contribution in [2.24, 2.45) is 0 Å². The fraction of sp³-hybridized carbons (Fsp3) is 0.375. The topological polar surface area (TPSA) is 58.6 Å². The second-order valence-electron chi connectivity index (χ2n) is 7.95. The molecule has 1 fully saturated rings. The Kier molecular flexibility index (Phi) is 5.41. The van der Waals surface area contributed by atoms with E-state index >= 15 is 0 Å². The van der Waals surface area contributed by atoms with Crippen molar-refractivity contribution in [1.29, 1.82) is 0 Å². The van der Waals surface area contributed by atoms with Crippen LogP contribution in [0.3, 0.4) is 0 Å². The van der Waals surface area contributed by atoms with Crippen molar-refractivity contribution in [2.75, 3.05) is 6.61 Å². The molecule has 1 saturated carbocycles. The van der Waals surface area contributed by atoms with Gasteiger partial charge in [0.1, 0.15) is 5.76 Å². The van der Waals surface area contributed by atoms with Crippen molar-refractivity contribution in [3.05, 3.63) is 64.4 Å². The molecule has 4 rings (SSSR count). The molecule has 1 heterocycles. The lowest BCUT2D eigenvalue weighted by atomic mass is 9.79. The third-order valence-corrected chi connectivity index (χ3v) is 6.39. The summed E-state index contributed by atoms with van der Waals surface area (Å²) in [5.74, 6) is -0.0254. The highest BCUT2D eigenvalue weighted by atomic mass is 35.5. The first-order chi connectivity index (χ1) is 13.9. The molecule has 0 unspecified atom stereocenters. The molecule has 2 aliphatic rings. The maximum atomic E-state index is 12.9. The summed E-state index contributed by atoms with van der Waals surface area (Å²) in [6, 6.07) is 13.6. The van der Waals surface area contributed by atoms with Crippen LogP contribution in [-0.2, 0) is 9.53 Å². The van der Waals surface area contributed by atoms with Crippen LogP contribution in [0.25, 0.3) is 16.7 Å². The van der Waals surface area contributed by atoms with Gasteiger partial charge in [-0.05, 0) is 80.0 Å². The number of aliphatic hydroxyl groups excluding tert-OH is 1. The number of amides is 1. The van der Waals surface area contributed by atoms with Crippen molar-refractivity contribution in [1.82, 2.24) is 5.32 Å². The highest BCUT2D eigenvalue weighted by Gasteiger charge is 2.48. The molecule has 1 amide bonds. The smallest absolute Gasteiger partial charge is 0.256 e. The Bertz CT molecular complexity index is 957. The number of halogens is 1. The molecular weight excluding hydrogens is 386 g/mol. The number of aliphatic hydroxyl groups is 1. The summed E-state index contributed by atoms with van der Waals surface area (Å²) in [6.45, 7) is 4.65. The Morgan fingerprint density at radius 3 is 2.45 bits per heavy atom. The minimum absolute atomic E-state index is 0.175. The lowest BCUT2D eigenvalue weighted by Gasteiger charge is -2.36. The summed E-state index contributed by atoms with van der Waals surface area (Å²) in [7, 11) is 0. The molecule has 0 bridgehead atoms. The van der Waals surface area contributed by atoms with Crippen molar-refractivity contribution >= 4 is 23.1 Å². The highest BCUT2D eigenvalue weighted by Crippen LogP contribution is 2.43. The lowest BCUT2D eigenvalue weighted by molar-refractivity contribution is -0.116. The van der Waals surface area contributed by atoms with E-state index < -0.39 is 5.54 Å². The summed E-state index contributed by atoms with van der Waals surface area (Å²) in [6.07, 6.45) is 3.24. The molecule has 1 spiro atoms. The van der Waals surface area contributed by atoms with Gasteiger partial charge in [-0.1, -0.05) is 35.9 Å². The largest absolute Gasteiger partial charge is 0.509 e. The van der Waals surface area contributed by atoms with Crippen LogP contribution in [0, 0.1) is 6.92 Å². The van der Waals surface area contributed by atoms with E-state index in [1.54, 1.807) is 0 Å². The number of rotatable bonds is 4. The number of benzene rings is 2. The van der Waals surface area contributed by atoms with Crippen LogP contribution in [0.1, 0.15) is 43.7 Å². The van der Waals surface area contributed by atoms with E-state index in [9.17, 15) is 9.90 Å². The third-order valence-electron chi connectivity index (χ3n) is 6.14. The molecule has 0 atom stereocenters. The molecule has 29 heavy (non-hydrogen) atoms. The van der Waals surface area contributed by atoms with Gasteiger partial charge in [-0.3, -0.25) is 4.79 Å².